The zero-order chi connectivity index (χ0) is 23.2. The zero-order valence-electron chi connectivity index (χ0n) is 19.2. The quantitative estimate of drug-likeness (QED) is 0.454. The van der Waals surface area contributed by atoms with E-state index in [9.17, 15) is 9.59 Å². The standard InChI is InChI=1S/C22H27N7O3/c1-7-28(8-2)21-23-18-17(20(30)27(6)22(31)26(18)5)29(21)12-16-24-25-19(32-16)15-10-9-13(3)14(4)11-15/h9-11H,7-8,12H2,1-6H3. The highest BCUT2D eigenvalue weighted by Gasteiger charge is 2.23. The molecule has 0 spiro atoms. The van der Waals surface area contributed by atoms with E-state index in [4.69, 9.17) is 4.42 Å². The highest BCUT2D eigenvalue weighted by Crippen LogP contribution is 2.24. The van der Waals surface area contributed by atoms with Crippen LogP contribution >= 0.6 is 0 Å². The Labute approximate surface area is 184 Å². The van der Waals surface area contributed by atoms with Crippen LogP contribution in [0.15, 0.2) is 32.2 Å². The van der Waals surface area contributed by atoms with Gasteiger partial charge in [-0.25, -0.2) is 4.79 Å². The van der Waals surface area contributed by atoms with Gasteiger partial charge in [0.15, 0.2) is 11.2 Å². The van der Waals surface area contributed by atoms with E-state index < -0.39 is 11.2 Å². The summed E-state index contributed by atoms with van der Waals surface area (Å²) in [5, 5.41) is 8.41. The zero-order valence-corrected chi connectivity index (χ0v) is 19.2. The molecule has 10 nitrogen and oxygen atoms in total. The Balaban J connectivity index is 1.86. The van der Waals surface area contributed by atoms with Crippen LogP contribution in [0.5, 0.6) is 0 Å². The Hall–Kier alpha value is -3.69. The van der Waals surface area contributed by atoms with Gasteiger partial charge in [-0.1, -0.05) is 6.07 Å². The monoisotopic (exact) mass is 437 g/mol. The van der Waals surface area contributed by atoms with Crippen LogP contribution in [0.2, 0.25) is 0 Å². The number of imidazole rings is 1. The molecule has 0 amide bonds. The molecule has 4 rings (SSSR count). The molecule has 0 N–H and O–H groups in total. The van der Waals surface area contributed by atoms with Crippen LogP contribution < -0.4 is 16.1 Å². The number of aromatic nitrogens is 6. The predicted octanol–water partition coefficient (Wildman–Crippen LogP) is 2.00. The minimum absolute atomic E-state index is 0.160. The SMILES string of the molecule is CCN(CC)c1nc2c(c(=O)n(C)c(=O)n2C)n1Cc1nnc(-c2ccc(C)c(C)c2)o1. The number of aryl methyl sites for hydroxylation is 3. The van der Waals surface area contributed by atoms with Gasteiger partial charge in [0, 0.05) is 32.7 Å². The molecule has 3 aromatic heterocycles. The van der Waals surface area contributed by atoms with Gasteiger partial charge in [-0.15, -0.1) is 10.2 Å². The van der Waals surface area contributed by atoms with Crippen molar-refractivity contribution in [3.8, 4) is 11.5 Å². The summed E-state index contributed by atoms with van der Waals surface area (Å²) in [6.07, 6.45) is 0. The van der Waals surface area contributed by atoms with Crippen molar-refractivity contribution in [1.82, 2.24) is 28.9 Å². The molecule has 0 saturated heterocycles. The summed E-state index contributed by atoms with van der Waals surface area (Å²) in [6.45, 7) is 9.63. The number of hydrogen-bond donors (Lipinski definition) is 0. The van der Waals surface area contributed by atoms with Crippen LogP contribution in [0.3, 0.4) is 0 Å². The number of nitrogens with zero attached hydrogens (tertiary/aromatic N) is 7. The second-order valence-corrected chi connectivity index (χ2v) is 7.85. The lowest BCUT2D eigenvalue weighted by atomic mass is 10.1. The summed E-state index contributed by atoms with van der Waals surface area (Å²) in [7, 11) is 3.07. The molecule has 0 saturated carbocycles. The maximum absolute atomic E-state index is 13.0. The van der Waals surface area contributed by atoms with Crippen LogP contribution in [-0.4, -0.2) is 42.0 Å². The second kappa shape index (κ2) is 8.10. The summed E-state index contributed by atoms with van der Waals surface area (Å²) in [5.74, 6) is 1.34. The lowest BCUT2D eigenvalue weighted by Crippen LogP contribution is -2.37. The first-order chi connectivity index (χ1) is 15.3. The third kappa shape index (κ3) is 3.41. The van der Waals surface area contributed by atoms with Crippen LogP contribution in [-0.2, 0) is 20.6 Å². The largest absolute Gasteiger partial charge is 0.419 e. The van der Waals surface area contributed by atoms with Gasteiger partial charge in [-0.3, -0.25) is 18.5 Å². The van der Waals surface area contributed by atoms with Crippen molar-refractivity contribution in [2.45, 2.75) is 34.2 Å². The molecular formula is C22H27N7O3. The molecule has 0 radical (unpaired) electrons. The molecule has 168 valence electrons. The van der Waals surface area contributed by atoms with Crippen molar-refractivity contribution in [1.29, 1.82) is 0 Å². The average molecular weight is 438 g/mol. The third-order valence-electron chi connectivity index (χ3n) is 5.89. The van der Waals surface area contributed by atoms with Crippen molar-refractivity contribution in [2.24, 2.45) is 14.1 Å². The number of benzene rings is 1. The summed E-state index contributed by atoms with van der Waals surface area (Å²) >= 11 is 0. The van der Waals surface area contributed by atoms with Crippen LogP contribution in [0.25, 0.3) is 22.6 Å². The molecule has 0 fully saturated rings. The molecule has 4 aromatic rings. The molecule has 0 aliphatic heterocycles. The van der Waals surface area contributed by atoms with Gasteiger partial charge in [0.1, 0.15) is 6.54 Å². The molecule has 0 aliphatic carbocycles. The van der Waals surface area contributed by atoms with E-state index in [1.807, 2.05) is 50.8 Å². The summed E-state index contributed by atoms with van der Waals surface area (Å²) in [4.78, 5) is 32.1. The average Bonchev–Trinajstić information content (AvgIpc) is 3.39. The van der Waals surface area contributed by atoms with E-state index in [0.717, 1.165) is 15.7 Å². The number of fused-ring (bicyclic) bond motifs is 1. The van der Waals surface area contributed by atoms with Crippen molar-refractivity contribution >= 4 is 17.1 Å². The van der Waals surface area contributed by atoms with Gasteiger partial charge in [0.05, 0.1) is 0 Å². The lowest BCUT2D eigenvalue weighted by molar-refractivity contribution is 0.490. The maximum atomic E-state index is 13.0. The highest BCUT2D eigenvalue weighted by molar-refractivity contribution is 5.74. The first-order valence-electron chi connectivity index (χ1n) is 10.6. The van der Waals surface area contributed by atoms with E-state index >= 15 is 0 Å². The molecular weight excluding hydrogens is 410 g/mol. The van der Waals surface area contributed by atoms with Gasteiger partial charge in [-0.2, -0.15) is 4.98 Å². The highest BCUT2D eigenvalue weighted by atomic mass is 16.4. The third-order valence-corrected chi connectivity index (χ3v) is 5.89. The fraction of sp³-hybridized carbons (Fsp3) is 0.409. The molecule has 0 unspecified atom stereocenters. The van der Waals surface area contributed by atoms with Crippen molar-refractivity contribution < 1.29 is 4.42 Å². The molecule has 10 heteroatoms. The van der Waals surface area contributed by atoms with Crippen LogP contribution in [0, 0.1) is 13.8 Å². The van der Waals surface area contributed by atoms with Gasteiger partial charge < -0.3 is 9.32 Å². The first-order valence-corrected chi connectivity index (χ1v) is 10.6. The van der Waals surface area contributed by atoms with Gasteiger partial charge in [0.25, 0.3) is 5.56 Å². The van der Waals surface area contributed by atoms with Crippen molar-refractivity contribution in [3.63, 3.8) is 0 Å². The predicted molar refractivity (Wildman–Crippen MR) is 122 cm³/mol. The van der Waals surface area contributed by atoms with Crippen LogP contribution in [0.1, 0.15) is 30.9 Å². The Bertz CT molecular complexity index is 1420. The minimum atomic E-state index is -0.423. The Kier molecular flexibility index (Phi) is 5.45. The van der Waals surface area contributed by atoms with Gasteiger partial charge in [-0.05, 0) is 51.0 Å². The fourth-order valence-corrected chi connectivity index (χ4v) is 3.78. The maximum Gasteiger partial charge on any atom is 0.332 e. The molecule has 32 heavy (non-hydrogen) atoms. The van der Waals surface area contributed by atoms with E-state index in [-0.39, 0.29) is 6.54 Å². The first kappa shape index (κ1) is 21.5. The van der Waals surface area contributed by atoms with Crippen molar-refractivity contribution in [2.75, 3.05) is 18.0 Å². The molecule has 3 heterocycles. The fourth-order valence-electron chi connectivity index (χ4n) is 3.78. The Morgan fingerprint density at radius 1 is 1.00 bits per heavy atom. The van der Waals surface area contributed by atoms with Gasteiger partial charge in [0.2, 0.25) is 17.7 Å². The summed E-state index contributed by atoms with van der Waals surface area (Å²) in [6, 6.07) is 5.96. The smallest absolute Gasteiger partial charge is 0.332 e. The molecule has 0 aliphatic rings. The number of anilines is 1. The van der Waals surface area contributed by atoms with Crippen LogP contribution in [0.4, 0.5) is 5.95 Å². The van der Waals surface area contributed by atoms with E-state index in [0.29, 0.717) is 42.0 Å². The molecule has 1 aromatic carbocycles. The van der Waals surface area contributed by atoms with E-state index in [1.54, 1.807) is 11.6 Å². The summed E-state index contributed by atoms with van der Waals surface area (Å²) in [5.41, 5.74) is 2.97. The topological polar surface area (TPSA) is 104 Å². The number of hydrogen-bond acceptors (Lipinski definition) is 7. The normalized spacial score (nSPS) is 11.4. The van der Waals surface area contributed by atoms with E-state index in [2.05, 4.69) is 15.2 Å². The lowest BCUT2D eigenvalue weighted by Gasteiger charge is -2.20. The minimum Gasteiger partial charge on any atom is -0.419 e. The van der Waals surface area contributed by atoms with E-state index in [1.165, 1.54) is 17.2 Å². The van der Waals surface area contributed by atoms with Gasteiger partial charge >= 0.3 is 5.69 Å². The van der Waals surface area contributed by atoms with Crippen molar-refractivity contribution in [3.05, 3.63) is 56.1 Å². The Morgan fingerprint density at radius 3 is 2.38 bits per heavy atom. The number of rotatable bonds is 6. The molecule has 0 atom stereocenters. The second-order valence-electron chi connectivity index (χ2n) is 7.85. The summed E-state index contributed by atoms with van der Waals surface area (Å²) < 4.78 is 10.2. The molecule has 0 bridgehead atoms. The Morgan fingerprint density at radius 2 is 1.72 bits per heavy atom.